The molecule has 1 aliphatic heterocycles. The van der Waals surface area contributed by atoms with Gasteiger partial charge in [0, 0.05) is 6.04 Å². The van der Waals surface area contributed by atoms with Crippen molar-refractivity contribution in [1.82, 2.24) is 10.2 Å². The van der Waals surface area contributed by atoms with Crippen LogP contribution in [0.2, 0.25) is 0 Å². The van der Waals surface area contributed by atoms with Crippen LogP contribution in [0.5, 0.6) is 5.75 Å². The van der Waals surface area contributed by atoms with Crippen LogP contribution in [0.15, 0.2) is 18.2 Å². The summed E-state index contributed by atoms with van der Waals surface area (Å²) < 4.78 is 0. The summed E-state index contributed by atoms with van der Waals surface area (Å²) in [6.07, 6.45) is 4.90. The van der Waals surface area contributed by atoms with Crippen LogP contribution in [0.3, 0.4) is 0 Å². The molecule has 3 nitrogen and oxygen atoms in total. The molecule has 2 N–H and O–H groups in total. The Bertz CT molecular complexity index is 438. The smallest absolute Gasteiger partial charge is 0.115 e. The van der Waals surface area contributed by atoms with Gasteiger partial charge in [-0.3, -0.25) is 0 Å². The number of phenols is 1. The molecule has 1 heterocycles. The van der Waals surface area contributed by atoms with Crippen molar-refractivity contribution in [2.75, 3.05) is 26.7 Å². The Morgan fingerprint density at radius 1 is 1.26 bits per heavy atom. The van der Waals surface area contributed by atoms with Crippen molar-refractivity contribution in [2.24, 2.45) is 5.92 Å². The second-order valence-corrected chi connectivity index (χ2v) is 6.13. The van der Waals surface area contributed by atoms with E-state index in [9.17, 15) is 5.11 Å². The molecule has 1 aromatic rings. The molecule has 2 aliphatic rings. The van der Waals surface area contributed by atoms with Gasteiger partial charge in [0.1, 0.15) is 5.75 Å². The minimum Gasteiger partial charge on any atom is -0.508 e. The molecular weight excluding hydrogens is 236 g/mol. The van der Waals surface area contributed by atoms with Crippen molar-refractivity contribution < 1.29 is 5.11 Å². The van der Waals surface area contributed by atoms with Crippen molar-refractivity contribution in [1.29, 1.82) is 0 Å². The lowest BCUT2D eigenvalue weighted by Gasteiger charge is -2.30. The molecule has 0 bridgehead atoms. The van der Waals surface area contributed by atoms with Crippen molar-refractivity contribution in [3.8, 4) is 5.75 Å². The third kappa shape index (κ3) is 2.93. The van der Waals surface area contributed by atoms with E-state index in [4.69, 9.17) is 0 Å². The number of hydrogen-bond donors (Lipinski definition) is 2. The Kier molecular flexibility index (Phi) is 3.76. The van der Waals surface area contributed by atoms with Crippen molar-refractivity contribution >= 4 is 0 Å². The van der Waals surface area contributed by atoms with Crippen LogP contribution in [0.4, 0.5) is 0 Å². The maximum atomic E-state index is 9.52. The monoisotopic (exact) mass is 260 g/mol. The summed E-state index contributed by atoms with van der Waals surface area (Å²) in [6, 6.07) is 6.32. The van der Waals surface area contributed by atoms with E-state index in [1.165, 1.54) is 43.5 Å². The number of piperidine rings is 1. The largest absolute Gasteiger partial charge is 0.508 e. The Morgan fingerprint density at radius 2 is 2.05 bits per heavy atom. The van der Waals surface area contributed by atoms with Crippen LogP contribution in [0.25, 0.3) is 0 Å². The molecule has 3 rings (SSSR count). The first-order chi connectivity index (χ1) is 9.22. The standard InChI is InChI=1S/C16H24N2O/c1-18-8-6-12(7-9-18)11-17-16-5-2-13-10-14(19)3-4-15(13)16/h3-4,10,12,16-17,19H,2,5-9,11H2,1H3. The summed E-state index contributed by atoms with van der Waals surface area (Å²) in [5.74, 6) is 1.23. The maximum absolute atomic E-state index is 9.52. The Morgan fingerprint density at radius 3 is 2.84 bits per heavy atom. The zero-order chi connectivity index (χ0) is 13.2. The molecule has 1 saturated heterocycles. The van der Waals surface area contributed by atoms with Gasteiger partial charge in [0.2, 0.25) is 0 Å². The highest BCUT2D eigenvalue weighted by atomic mass is 16.3. The molecule has 1 aliphatic carbocycles. The number of phenolic OH excluding ortho intramolecular Hbond substituents is 1. The van der Waals surface area contributed by atoms with E-state index in [0.717, 1.165) is 18.9 Å². The van der Waals surface area contributed by atoms with Crippen LogP contribution in [0.1, 0.15) is 36.4 Å². The van der Waals surface area contributed by atoms with Crippen LogP contribution in [-0.4, -0.2) is 36.7 Å². The summed E-state index contributed by atoms with van der Waals surface area (Å²) in [5.41, 5.74) is 2.71. The molecule has 0 spiro atoms. The van der Waals surface area contributed by atoms with Gasteiger partial charge in [-0.1, -0.05) is 6.07 Å². The predicted octanol–water partition coefficient (Wildman–Crippen LogP) is 2.31. The number of rotatable bonds is 3. The fraction of sp³-hybridized carbons (Fsp3) is 0.625. The van der Waals surface area contributed by atoms with Gasteiger partial charge in [-0.15, -0.1) is 0 Å². The van der Waals surface area contributed by atoms with Crippen LogP contribution < -0.4 is 5.32 Å². The topological polar surface area (TPSA) is 35.5 Å². The predicted molar refractivity (Wildman–Crippen MR) is 77.4 cm³/mol. The van der Waals surface area contributed by atoms with E-state index in [0.29, 0.717) is 11.8 Å². The van der Waals surface area contributed by atoms with Gasteiger partial charge >= 0.3 is 0 Å². The van der Waals surface area contributed by atoms with Crippen LogP contribution in [0, 0.1) is 5.92 Å². The quantitative estimate of drug-likeness (QED) is 0.875. The number of likely N-dealkylation sites (tertiary alicyclic amines) is 1. The molecular formula is C16H24N2O. The summed E-state index contributed by atoms with van der Waals surface area (Å²) in [5, 5.41) is 13.3. The minimum absolute atomic E-state index is 0.398. The van der Waals surface area contributed by atoms with Crippen LogP contribution in [-0.2, 0) is 6.42 Å². The number of aryl methyl sites for hydroxylation is 1. The molecule has 0 aromatic heterocycles. The van der Waals surface area contributed by atoms with Gasteiger partial charge in [-0.2, -0.15) is 0 Å². The van der Waals surface area contributed by atoms with Gasteiger partial charge in [-0.25, -0.2) is 0 Å². The Balaban J connectivity index is 1.55. The number of nitrogens with zero attached hydrogens (tertiary/aromatic N) is 1. The number of nitrogens with one attached hydrogen (secondary N) is 1. The Labute approximate surface area is 115 Å². The lowest BCUT2D eigenvalue weighted by Crippen LogP contribution is -2.35. The zero-order valence-corrected chi connectivity index (χ0v) is 11.7. The normalized spacial score (nSPS) is 24.6. The van der Waals surface area contributed by atoms with E-state index in [1.807, 2.05) is 12.1 Å². The number of benzene rings is 1. The highest BCUT2D eigenvalue weighted by Gasteiger charge is 2.24. The van der Waals surface area contributed by atoms with Gasteiger partial charge in [0.15, 0.2) is 0 Å². The van der Waals surface area contributed by atoms with Crippen molar-refractivity contribution in [2.45, 2.75) is 31.7 Å². The summed E-state index contributed by atoms with van der Waals surface area (Å²) in [4.78, 5) is 2.42. The molecule has 1 unspecified atom stereocenters. The Hall–Kier alpha value is -1.06. The fourth-order valence-electron chi connectivity index (χ4n) is 3.39. The second-order valence-electron chi connectivity index (χ2n) is 6.13. The van der Waals surface area contributed by atoms with E-state index >= 15 is 0 Å². The molecule has 104 valence electrons. The van der Waals surface area contributed by atoms with E-state index in [2.05, 4.69) is 23.3 Å². The number of hydrogen-bond acceptors (Lipinski definition) is 3. The summed E-state index contributed by atoms with van der Waals surface area (Å²) >= 11 is 0. The first kappa shape index (κ1) is 12.9. The second kappa shape index (κ2) is 5.51. The third-order valence-electron chi connectivity index (χ3n) is 4.70. The highest BCUT2D eigenvalue weighted by molar-refractivity contribution is 5.40. The molecule has 0 saturated carbocycles. The first-order valence-corrected chi connectivity index (χ1v) is 7.46. The van der Waals surface area contributed by atoms with E-state index in [1.54, 1.807) is 0 Å². The number of aromatic hydroxyl groups is 1. The van der Waals surface area contributed by atoms with Crippen molar-refractivity contribution in [3.05, 3.63) is 29.3 Å². The maximum Gasteiger partial charge on any atom is 0.115 e. The SMILES string of the molecule is CN1CCC(CNC2CCc3cc(O)ccc32)CC1. The summed E-state index contributed by atoms with van der Waals surface area (Å²) in [7, 11) is 2.21. The molecule has 0 amide bonds. The van der Waals surface area contributed by atoms with Gasteiger partial charge in [0.25, 0.3) is 0 Å². The van der Waals surface area contributed by atoms with Crippen LogP contribution >= 0.6 is 0 Å². The van der Waals surface area contributed by atoms with Gasteiger partial charge < -0.3 is 15.3 Å². The average Bonchev–Trinajstić information content (AvgIpc) is 2.80. The first-order valence-electron chi connectivity index (χ1n) is 7.46. The van der Waals surface area contributed by atoms with Gasteiger partial charge in [0.05, 0.1) is 0 Å². The van der Waals surface area contributed by atoms with Gasteiger partial charge in [-0.05, 0) is 81.5 Å². The molecule has 1 fully saturated rings. The highest BCUT2D eigenvalue weighted by Crippen LogP contribution is 2.33. The molecule has 3 heteroatoms. The number of fused-ring (bicyclic) bond motifs is 1. The fourth-order valence-corrected chi connectivity index (χ4v) is 3.39. The van der Waals surface area contributed by atoms with E-state index < -0.39 is 0 Å². The third-order valence-corrected chi connectivity index (χ3v) is 4.70. The molecule has 19 heavy (non-hydrogen) atoms. The molecule has 0 radical (unpaired) electrons. The van der Waals surface area contributed by atoms with Crippen molar-refractivity contribution in [3.63, 3.8) is 0 Å². The summed E-state index contributed by atoms with van der Waals surface area (Å²) in [6.45, 7) is 3.61. The van der Waals surface area contributed by atoms with E-state index in [-0.39, 0.29) is 0 Å². The lowest BCUT2D eigenvalue weighted by atomic mass is 9.96. The zero-order valence-electron chi connectivity index (χ0n) is 11.7. The molecule has 1 aromatic carbocycles. The lowest BCUT2D eigenvalue weighted by molar-refractivity contribution is 0.212. The minimum atomic E-state index is 0.398. The average molecular weight is 260 g/mol. The molecule has 1 atom stereocenters.